The van der Waals surface area contributed by atoms with Gasteiger partial charge in [0.1, 0.15) is 16.5 Å². The lowest BCUT2D eigenvalue weighted by Crippen LogP contribution is -2.11. The zero-order valence-corrected chi connectivity index (χ0v) is 11.0. The first-order valence-electron chi connectivity index (χ1n) is 5.85. The molecule has 0 radical (unpaired) electrons. The molecule has 0 bridgehead atoms. The molecule has 0 spiro atoms. The van der Waals surface area contributed by atoms with Crippen LogP contribution in [0.4, 0.5) is 5.13 Å². The number of aromatic nitrogens is 2. The predicted octanol–water partition coefficient (Wildman–Crippen LogP) is 2.88. The first-order chi connectivity index (χ1) is 8.63. The summed E-state index contributed by atoms with van der Waals surface area (Å²) in [5.74, 6) is 1.72. The lowest BCUT2D eigenvalue weighted by Gasteiger charge is -1.98. The Balaban J connectivity index is 1.74. The van der Waals surface area contributed by atoms with Gasteiger partial charge in [0.2, 0.25) is 5.13 Å². The van der Waals surface area contributed by atoms with Gasteiger partial charge in [0.15, 0.2) is 0 Å². The largest absolute Gasteiger partial charge is 0.466 e. The van der Waals surface area contributed by atoms with Crippen LogP contribution in [0.5, 0.6) is 0 Å². The standard InChI is InChI=1S/C12H13N3O2S/c1-6-5-9(7(2)17-6)10(16)13-12-15-14-11(18-12)8-3-4-8/h5,8H,3-4H2,1-2H3,(H,13,15,16). The molecule has 2 aromatic heterocycles. The molecule has 0 unspecified atom stereocenters. The molecule has 6 heteroatoms. The Morgan fingerprint density at radius 1 is 1.44 bits per heavy atom. The Morgan fingerprint density at radius 2 is 2.22 bits per heavy atom. The second kappa shape index (κ2) is 4.20. The van der Waals surface area contributed by atoms with Crippen molar-refractivity contribution < 1.29 is 9.21 Å². The molecule has 1 N–H and O–H groups in total. The fourth-order valence-electron chi connectivity index (χ4n) is 1.80. The fraction of sp³-hybridized carbons (Fsp3) is 0.417. The Bertz CT molecular complexity index is 598. The minimum Gasteiger partial charge on any atom is -0.466 e. The molecule has 0 aliphatic heterocycles. The smallest absolute Gasteiger partial charge is 0.261 e. The molecule has 0 aromatic carbocycles. The van der Waals surface area contributed by atoms with Gasteiger partial charge >= 0.3 is 0 Å². The van der Waals surface area contributed by atoms with Crippen LogP contribution in [0.3, 0.4) is 0 Å². The van der Waals surface area contributed by atoms with Crippen LogP contribution in [0, 0.1) is 13.8 Å². The van der Waals surface area contributed by atoms with Gasteiger partial charge in [-0.1, -0.05) is 11.3 Å². The molecule has 1 fully saturated rings. The van der Waals surface area contributed by atoms with E-state index in [0.717, 1.165) is 10.8 Å². The fourth-order valence-corrected chi connectivity index (χ4v) is 2.71. The van der Waals surface area contributed by atoms with Crippen molar-refractivity contribution in [2.45, 2.75) is 32.6 Å². The Labute approximate surface area is 108 Å². The van der Waals surface area contributed by atoms with Crippen molar-refractivity contribution in [2.75, 3.05) is 5.32 Å². The molecule has 1 saturated carbocycles. The van der Waals surface area contributed by atoms with Crippen LogP contribution in [0.15, 0.2) is 10.5 Å². The maximum atomic E-state index is 12.0. The molecule has 1 aliphatic rings. The lowest BCUT2D eigenvalue weighted by atomic mass is 10.2. The summed E-state index contributed by atoms with van der Waals surface area (Å²) in [7, 11) is 0. The summed E-state index contributed by atoms with van der Waals surface area (Å²) >= 11 is 1.45. The van der Waals surface area contributed by atoms with E-state index in [1.54, 1.807) is 13.0 Å². The van der Waals surface area contributed by atoms with Crippen LogP contribution >= 0.6 is 11.3 Å². The van der Waals surface area contributed by atoms with Gasteiger partial charge in [-0.05, 0) is 32.8 Å². The molecule has 3 rings (SSSR count). The highest BCUT2D eigenvalue weighted by atomic mass is 32.1. The number of nitrogens with one attached hydrogen (secondary N) is 1. The van der Waals surface area contributed by atoms with Gasteiger partial charge < -0.3 is 4.42 Å². The van der Waals surface area contributed by atoms with Crippen LogP contribution in [-0.4, -0.2) is 16.1 Å². The monoisotopic (exact) mass is 263 g/mol. The molecule has 0 saturated heterocycles. The van der Waals surface area contributed by atoms with Gasteiger partial charge in [0.25, 0.3) is 5.91 Å². The first kappa shape index (κ1) is 11.4. The summed E-state index contributed by atoms with van der Waals surface area (Å²) < 4.78 is 5.33. The van der Waals surface area contributed by atoms with Crippen molar-refractivity contribution >= 4 is 22.4 Å². The molecule has 2 aromatic rings. The number of furan rings is 1. The zero-order valence-electron chi connectivity index (χ0n) is 10.2. The number of nitrogens with zero attached hydrogens (tertiary/aromatic N) is 2. The molecular formula is C12H13N3O2S. The number of anilines is 1. The Hall–Kier alpha value is -1.69. The third kappa shape index (κ3) is 2.15. The van der Waals surface area contributed by atoms with Crippen LogP contribution in [0.1, 0.15) is 45.6 Å². The summed E-state index contributed by atoms with van der Waals surface area (Å²) in [6.45, 7) is 3.59. The molecular weight excluding hydrogens is 250 g/mol. The number of rotatable bonds is 3. The third-order valence-electron chi connectivity index (χ3n) is 2.87. The summed E-state index contributed by atoms with van der Waals surface area (Å²) in [5, 5.41) is 12.4. The van der Waals surface area contributed by atoms with Crippen LogP contribution < -0.4 is 5.32 Å². The zero-order chi connectivity index (χ0) is 12.7. The van der Waals surface area contributed by atoms with E-state index in [9.17, 15) is 4.79 Å². The van der Waals surface area contributed by atoms with Crippen LogP contribution in [0.2, 0.25) is 0 Å². The second-order valence-electron chi connectivity index (χ2n) is 4.50. The summed E-state index contributed by atoms with van der Waals surface area (Å²) in [6, 6.07) is 1.73. The Kier molecular flexibility index (Phi) is 2.66. The first-order valence-corrected chi connectivity index (χ1v) is 6.67. The van der Waals surface area contributed by atoms with Gasteiger partial charge in [0.05, 0.1) is 5.56 Å². The van der Waals surface area contributed by atoms with Crippen molar-refractivity contribution in [3.63, 3.8) is 0 Å². The van der Waals surface area contributed by atoms with E-state index in [1.807, 2.05) is 6.92 Å². The topological polar surface area (TPSA) is 68.0 Å². The highest BCUT2D eigenvalue weighted by Crippen LogP contribution is 2.42. The minimum absolute atomic E-state index is 0.192. The molecule has 2 heterocycles. The van der Waals surface area contributed by atoms with Crippen LogP contribution in [-0.2, 0) is 0 Å². The van der Waals surface area contributed by atoms with Gasteiger partial charge in [0, 0.05) is 5.92 Å². The predicted molar refractivity (Wildman–Crippen MR) is 68.0 cm³/mol. The third-order valence-corrected chi connectivity index (χ3v) is 3.87. The Morgan fingerprint density at radius 3 is 2.83 bits per heavy atom. The van der Waals surface area contributed by atoms with Crippen molar-refractivity contribution in [1.82, 2.24) is 10.2 Å². The number of carbonyl (C=O) groups excluding carboxylic acids is 1. The lowest BCUT2D eigenvalue weighted by molar-refractivity contribution is 0.102. The number of hydrogen-bond acceptors (Lipinski definition) is 5. The second-order valence-corrected chi connectivity index (χ2v) is 5.51. The molecule has 1 amide bonds. The number of hydrogen-bond donors (Lipinski definition) is 1. The minimum atomic E-state index is -0.192. The van der Waals surface area contributed by atoms with E-state index in [2.05, 4.69) is 15.5 Å². The molecule has 0 atom stereocenters. The van der Waals surface area contributed by atoms with Gasteiger partial charge in [-0.2, -0.15) is 0 Å². The number of amides is 1. The quantitative estimate of drug-likeness (QED) is 0.924. The van der Waals surface area contributed by atoms with Crippen molar-refractivity contribution in [3.8, 4) is 0 Å². The summed E-state index contributed by atoms with van der Waals surface area (Å²) in [4.78, 5) is 12.0. The van der Waals surface area contributed by atoms with E-state index in [4.69, 9.17) is 4.42 Å². The average molecular weight is 263 g/mol. The summed E-state index contributed by atoms with van der Waals surface area (Å²) in [5.41, 5.74) is 0.552. The highest BCUT2D eigenvalue weighted by Gasteiger charge is 2.28. The van der Waals surface area contributed by atoms with Crippen molar-refractivity contribution in [1.29, 1.82) is 0 Å². The van der Waals surface area contributed by atoms with Crippen molar-refractivity contribution in [3.05, 3.63) is 28.2 Å². The molecule has 18 heavy (non-hydrogen) atoms. The summed E-state index contributed by atoms with van der Waals surface area (Å²) in [6.07, 6.45) is 2.37. The SMILES string of the molecule is Cc1cc(C(=O)Nc2nnc(C3CC3)s2)c(C)o1. The van der Waals surface area contributed by atoms with E-state index in [1.165, 1.54) is 24.2 Å². The van der Waals surface area contributed by atoms with Gasteiger partial charge in [-0.3, -0.25) is 10.1 Å². The molecule has 94 valence electrons. The van der Waals surface area contributed by atoms with E-state index >= 15 is 0 Å². The maximum Gasteiger partial charge on any atom is 0.261 e. The van der Waals surface area contributed by atoms with E-state index in [-0.39, 0.29) is 5.91 Å². The van der Waals surface area contributed by atoms with Gasteiger partial charge in [-0.15, -0.1) is 10.2 Å². The average Bonchev–Trinajstić information content (AvgIpc) is 2.97. The number of aryl methyl sites for hydroxylation is 2. The number of carbonyl (C=O) groups is 1. The van der Waals surface area contributed by atoms with Crippen molar-refractivity contribution in [2.24, 2.45) is 0 Å². The van der Waals surface area contributed by atoms with Gasteiger partial charge in [-0.25, -0.2) is 0 Å². The molecule has 1 aliphatic carbocycles. The normalized spacial score (nSPS) is 14.8. The highest BCUT2D eigenvalue weighted by molar-refractivity contribution is 7.15. The van der Waals surface area contributed by atoms with E-state index < -0.39 is 0 Å². The van der Waals surface area contributed by atoms with E-state index in [0.29, 0.717) is 22.4 Å². The van der Waals surface area contributed by atoms with Crippen LogP contribution in [0.25, 0.3) is 0 Å². The maximum absolute atomic E-state index is 12.0. The molecule has 5 nitrogen and oxygen atoms in total.